The first-order valence-corrected chi connectivity index (χ1v) is 11.8. The Morgan fingerprint density at radius 1 is 1.06 bits per heavy atom. The van der Waals surface area contributed by atoms with Crippen molar-refractivity contribution in [2.24, 2.45) is 0 Å². The maximum Gasteiger partial charge on any atom is 0.490 e. The topological polar surface area (TPSA) is 137 Å². The quantitative estimate of drug-likeness (QED) is 0.475. The van der Waals surface area contributed by atoms with Crippen LogP contribution in [0.4, 0.5) is 18.0 Å². The molecule has 10 nitrogen and oxygen atoms in total. The Bertz CT molecular complexity index is 1150. The van der Waals surface area contributed by atoms with Gasteiger partial charge in [-0.25, -0.2) is 14.6 Å². The summed E-state index contributed by atoms with van der Waals surface area (Å²) in [5, 5.41) is 14.4. The van der Waals surface area contributed by atoms with Crippen LogP contribution < -0.4 is 5.32 Å². The fraction of sp³-hybridized carbons (Fsp3) is 0.522. The summed E-state index contributed by atoms with van der Waals surface area (Å²) in [4.78, 5) is 35.7. The molecule has 0 radical (unpaired) electrons. The number of nitrogens with zero attached hydrogens (tertiary/aromatic N) is 4. The van der Waals surface area contributed by atoms with E-state index >= 15 is 0 Å². The molecule has 1 aliphatic carbocycles. The molecule has 3 N–H and O–H groups in total. The van der Waals surface area contributed by atoms with E-state index in [4.69, 9.17) is 14.4 Å². The number of fused-ring (bicyclic) bond motifs is 1. The summed E-state index contributed by atoms with van der Waals surface area (Å²) in [5.41, 5.74) is 1.83. The van der Waals surface area contributed by atoms with Crippen LogP contribution in [0.1, 0.15) is 56.8 Å². The predicted octanol–water partition coefficient (Wildman–Crippen LogP) is 4.47. The summed E-state index contributed by atoms with van der Waals surface area (Å²) in [6.45, 7) is 1.43. The number of carbonyl (C=O) groups excluding carboxylic acids is 1. The summed E-state index contributed by atoms with van der Waals surface area (Å²) >= 11 is 0. The molecule has 0 atom stereocenters. The number of urea groups is 1. The number of aromatic nitrogens is 4. The van der Waals surface area contributed by atoms with Crippen LogP contribution in [-0.2, 0) is 4.79 Å². The molecule has 2 aromatic heterocycles. The first-order chi connectivity index (χ1) is 17.2. The molecule has 0 bridgehead atoms. The van der Waals surface area contributed by atoms with Gasteiger partial charge in [-0.3, -0.25) is 0 Å². The molecule has 2 fully saturated rings. The molecular weight excluding hydrogens is 481 g/mol. The highest BCUT2D eigenvalue weighted by molar-refractivity contribution is 5.78. The van der Waals surface area contributed by atoms with E-state index < -0.39 is 12.1 Å². The van der Waals surface area contributed by atoms with Gasteiger partial charge in [0.15, 0.2) is 5.82 Å². The van der Waals surface area contributed by atoms with E-state index in [-0.39, 0.29) is 11.9 Å². The predicted molar refractivity (Wildman–Crippen MR) is 122 cm³/mol. The minimum Gasteiger partial charge on any atom is -0.475 e. The average Bonchev–Trinajstić information content (AvgIpc) is 3.52. The highest BCUT2D eigenvalue weighted by atomic mass is 19.4. The number of benzene rings is 1. The van der Waals surface area contributed by atoms with Gasteiger partial charge in [0.05, 0.1) is 11.0 Å². The third-order valence-electron chi connectivity index (χ3n) is 6.35. The molecule has 3 heterocycles. The van der Waals surface area contributed by atoms with Crippen molar-refractivity contribution >= 4 is 23.0 Å². The molecule has 1 aliphatic heterocycles. The van der Waals surface area contributed by atoms with Gasteiger partial charge in [0.25, 0.3) is 0 Å². The molecule has 1 saturated carbocycles. The van der Waals surface area contributed by atoms with Crippen molar-refractivity contribution < 1.29 is 32.4 Å². The Hall–Kier alpha value is -3.64. The van der Waals surface area contributed by atoms with E-state index in [0.29, 0.717) is 36.7 Å². The number of hydrogen-bond donors (Lipinski definition) is 3. The summed E-state index contributed by atoms with van der Waals surface area (Å²) in [6, 6.07) is 8.25. The maximum atomic E-state index is 12.5. The summed E-state index contributed by atoms with van der Waals surface area (Å²) in [7, 11) is 0. The minimum absolute atomic E-state index is 0.0730. The number of aliphatic carboxylic acids is 1. The molecule has 1 aromatic carbocycles. The van der Waals surface area contributed by atoms with Crippen molar-refractivity contribution in [3.05, 3.63) is 30.2 Å². The number of amides is 2. The van der Waals surface area contributed by atoms with Gasteiger partial charge in [0, 0.05) is 25.0 Å². The van der Waals surface area contributed by atoms with Crippen LogP contribution in [0.5, 0.6) is 0 Å². The lowest BCUT2D eigenvalue weighted by atomic mass is 9.95. The standard InChI is InChI=1S/C21H26N6O2.C2HF3O2/c28-21(22-15-6-2-1-3-7-15)27-12-10-14(11-13-27)20-25-19(26-29-20)18-23-16-8-4-5-9-17(16)24-18;3-2(4,5)1(6)7/h4-5,8-9,14-15H,1-3,6-7,10-13H2,(H,22,28)(H,23,24);(H,6,7). The Labute approximate surface area is 204 Å². The Kier molecular flexibility index (Phi) is 7.75. The third kappa shape index (κ3) is 6.32. The third-order valence-corrected chi connectivity index (χ3v) is 6.35. The summed E-state index contributed by atoms with van der Waals surface area (Å²) in [5.74, 6) is -0.848. The van der Waals surface area contributed by atoms with Crippen LogP contribution in [0.2, 0.25) is 0 Å². The van der Waals surface area contributed by atoms with Gasteiger partial charge < -0.3 is 24.8 Å². The van der Waals surface area contributed by atoms with E-state index in [1.165, 1.54) is 19.3 Å². The van der Waals surface area contributed by atoms with Crippen LogP contribution >= 0.6 is 0 Å². The Balaban J connectivity index is 0.000000384. The van der Waals surface area contributed by atoms with Crippen molar-refractivity contribution in [3.63, 3.8) is 0 Å². The van der Waals surface area contributed by atoms with Gasteiger partial charge in [0.2, 0.25) is 11.7 Å². The molecule has 0 unspecified atom stereocenters. The number of piperidine rings is 1. The van der Waals surface area contributed by atoms with Gasteiger partial charge in [-0.1, -0.05) is 36.6 Å². The number of nitrogens with one attached hydrogen (secondary N) is 2. The molecule has 36 heavy (non-hydrogen) atoms. The van der Waals surface area contributed by atoms with E-state index in [2.05, 4.69) is 25.4 Å². The molecule has 2 aliphatic rings. The number of H-pyrrole nitrogens is 1. The second-order valence-corrected chi connectivity index (χ2v) is 8.91. The normalized spacial score (nSPS) is 17.5. The number of para-hydroxylation sites is 2. The lowest BCUT2D eigenvalue weighted by Crippen LogP contribution is -2.48. The number of hydrogen-bond acceptors (Lipinski definition) is 6. The fourth-order valence-corrected chi connectivity index (χ4v) is 4.40. The first-order valence-electron chi connectivity index (χ1n) is 11.8. The van der Waals surface area contributed by atoms with Crippen molar-refractivity contribution in [2.45, 2.75) is 63.1 Å². The molecule has 1 saturated heterocycles. The lowest BCUT2D eigenvalue weighted by molar-refractivity contribution is -0.192. The number of alkyl halides is 3. The number of rotatable bonds is 3. The highest BCUT2D eigenvalue weighted by Crippen LogP contribution is 2.29. The van der Waals surface area contributed by atoms with Gasteiger partial charge in [-0.15, -0.1) is 0 Å². The van der Waals surface area contributed by atoms with E-state index in [1.54, 1.807) is 0 Å². The van der Waals surface area contributed by atoms with E-state index in [0.717, 1.165) is 36.7 Å². The second-order valence-electron chi connectivity index (χ2n) is 8.91. The SMILES string of the molecule is O=C(NC1CCCCC1)N1CCC(c2nc(-c3nc4ccccc4[nH]3)no2)CC1.O=C(O)C(F)(F)F. The highest BCUT2D eigenvalue weighted by Gasteiger charge is 2.38. The van der Waals surface area contributed by atoms with Crippen LogP contribution in [0.3, 0.4) is 0 Å². The van der Waals surface area contributed by atoms with E-state index in [9.17, 15) is 18.0 Å². The van der Waals surface area contributed by atoms with Gasteiger partial charge in [-0.2, -0.15) is 18.2 Å². The number of imidazole rings is 1. The zero-order valence-electron chi connectivity index (χ0n) is 19.4. The molecule has 3 aromatic rings. The number of likely N-dealkylation sites (tertiary alicyclic amines) is 1. The fourth-order valence-electron chi connectivity index (χ4n) is 4.40. The van der Waals surface area contributed by atoms with Crippen molar-refractivity contribution in [2.75, 3.05) is 13.1 Å². The largest absolute Gasteiger partial charge is 0.490 e. The van der Waals surface area contributed by atoms with Gasteiger partial charge in [-0.05, 0) is 37.8 Å². The Morgan fingerprint density at radius 2 is 1.72 bits per heavy atom. The van der Waals surface area contributed by atoms with Gasteiger partial charge in [0.1, 0.15) is 0 Å². The van der Waals surface area contributed by atoms with Crippen molar-refractivity contribution in [3.8, 4) is 11.6 Å². The number of aromatic amines is 1. The molecule has 13 heteroatoms. The first kappa shape index (κ1) is 25.5. The minimum atomic E-state index is -5.08. The molecule has 194 valence electrons. The molecule has 5 rings (SSSR count). The zero-order valence-corrected chi connectivity index (χ0v) is 19.4. The van der Waals surface area contributed by atoms with Crippen LogP contribution in [0.15, 0.2) is 28.8 Å². The monoisotopic (exact) mass is 508 g/mol. The molecular formula is C23H27F3N6O4. The summed E-state index contributed by atoms with van der Waals surface area (Å²) in [6.07, 6.45) is 2.52. The number of carboxylic acids is 1. The smallest absolute Gasteiger partial charge is 0.475 e. The number of carbonyl (C=O) groups is 2. The summed E-state index contributed by atoms with van der Waals surface area (Å²) < 4.78 is 37.3. The number of halogens is 3. The van der Waals surface area contributed by atoms with Crippen LogP contribution in [-0.4, -0.2) is 67.4 Å². The van der Waals surface area contributed by atoms with Crippen LogP contribution in [0, 0.1) is 0 Å². The van der Waals surface area contributed by atoms with Crippen LogP contribution in [0.25, 0.3) is 22.7 Å². The van der Waals surface area contributed by atoms with Gasteiger partial charge >= 0.3 is 18.2 Å². The maximum absolute atomic E-state index is 12.5. The lowest BCUT2D eigenvalue weighted by Gasteiger charge is -2.32. The Morgan fingerprint density at radius 3 is 2.36 bits per heavy atom. The number of carboxylic acid groups (broad SMARTS) is 1. The van der Waals surface area contributed by atoms with Crippen molar-refractivity contribution in [1.29, 1.82) is 0 Å². The second kappa shape index (κ2) is 11.0. The average molecular weight is 509 g/mol. The van der Waals surface area contributed by atoms with E-state index in [1.807, 2.05) is 29.2 Å². The molecule has 2 amide bonds. The zero-order chi connectivity index (χ0) is 25.7. The van der Waals surface area contributed by atoms with Crippen molar-refractivity contribution in [1.82, 2.24) is 30.3 Å². The molecule has 0 spiro atoms.